The Balaban J connectivity index is 1.52. The van der Waals surface area contributed by atoms with E-state index in [-0.39, 0.29) is 17.2 Å². The van der Waals surface area contributed by atoms with E-state index >= 15 is 0 Å². The molecule has 0 unspecified atom stereocenters. The largest absolute Gasteiger partial charge is 0.497 e. The molecule has 2 heterocycles. The molecule has 0 bridgehead atoms. The lowest BCUT2D eigenvalue weighted by atomic mass is 10.0. The summed E-state index contributed by atoms with van der Waals surface area (Å²) >= 11 is 1.62. The summed E-state index contributed by atoms with van der Waals surface area (Å²) in [7, 11) is 4.70. The van der Waals surface area contributed by atoms with Crippen molar-refractivity contribution in [2.75, 3.05) is 27.9 Å². The molecular weight excluding hydrogens is 428 g/mol. The van der Waals surface area contributed by atoms with Crippen LogP contribution < -0.4 is 19.5 Å². The van der Waals surface area contributed by atoms with Crippen LogP contribution in [0.5, 0.6) is 17.2 Å². The number of hydrogen-bond acceptors (Lipinski definition) is 6. The van der Waals surface area contributed by atoms with Crippen LogP contribution in [-0.2, 0) is 11.2 Å². The predicted molar refractivity (Wildman–Crippen MR) is 124 cm³/mol. The molecule has 2 amide bonds. The molecule has 1 N–H and O–H groups in total. The molecule has 2 aromatic rings. The highest BCUT2D eigenvalue weighted by Crippen LogP contribution is 2.58. The summed E-state index contributed by atoms with van der Waals surface area (Å²) in [5, 5.41) is 2.80. The standard InChI is InChI=1S/C24H28N2O5S/c1-24(2)20(21(27)25-13-12-14-6-8-15(29-3)9-7-14)26-22(28)18-16(23(26)32-24)10-11-17(30-4)19(18)31-5/h6-11,20,23H,12-13H2,1-5H3,(H,25,27)/t20-,23+/m0/s1. The Labute approximate surface area is 192 Å². The Morgan fingerprint density at radius 3 is 2.41 bits per heavy atom. The quantitative estimate of drug-likeness (QED) is 0.688. The Morgan fingerprint density at radius 2 is 1.78 bits per heavy atom. The summed E-state index contributed by atoms with van der Waals surface area (Å²) in [5.41, 5.74) is 2.45. The lowest BCUT2D eigenvalue weighted by Crippen LogP contribution is -2.52. The first kappa shape index (κ1) is 22.3. The molecule has 8 heteroatoms. The molecule has 1 saturated heterocycles. The smallest absolute Gasteiger partial charge is 0.260 e. The normalized spacial score (nSPS) is 20.5. The Morgan fingerprint density at radius 1 is 1.06 bits per heavy atom. The molecule has 2 aliphatic rings. The monoisotopic (exact) mass is 456 g/mol. The number of nitrogens with zero attached hydrogens (tertiary/aromatic N) is 1. The third-order valence-electron chi connectivity index (χ3n) is 6.02. The van der Waals surface area contributed by atoms with Gasteiger partial charge in [0.15, 0.2) is 11.5 Å². The molecular formula is C24H28N2O5S. The van der Waals surface area contributed by atoms with E-state index in [0.29, 0.717) is 30.0 Å². The highest BCUT2D eigenvalue weighted by Gasteiger charge is 2.58. The van der Waals surface area contributed by atoms with Crippen molar-refractivity contribution >= 4 is 23.6 Å². The van der Waals surface area contributed by atoms with Gasteiger partial charge in [0.05, 0.1) is 26.9 Å². The lowest BCUT2D eigenvalue weighted by Gasteiger charge is -2.29. The number of fused-ring (bicyclic) bond motifs is 3. The maximum absolute atomic E-state index is 13.5. The average Bonchev–Trinajstić information content (AvgIpc) is 3.22. The Hall–Kier alpha value is -2.87. The molecule has 1 fully saturated rings. The first-order valence-electron chi connectivity index (χ1n) is 10.5. The van der Waals surface area contributed by atoms with Crippen molar-refractivity contribution in [1.29, 1.82) is 0 Å². The number of benzene rings is 2. The van der Waals surface area contributed by atoms with Gasteiger partial charge in [0.2, 0.25) is 5.91 Å². The maximum atomic E-state index is 13.5. The number of thioether (sulfide) groups is 1. The second-order valence-corrected chi connectivity index (χ2v) is 10.1. The van der Waals surface area contributed by atoms with Gasteiger partial charge >= 0.3 is 0 Å². The van der Waals surface area contributed by atoms with E-state index in [1.165, 1.54) is 7.11 Å². The van der Waals surface area contributed by atoms with E-state index in [1.54, 1.807) is 30.9 Å². The van der Waals surface area contributed by atoms with Gasteiger partial charge in [0.25, 0.3) is 5.91 Å². The van der Waals surface area contributed by atoms with Crippen LogP contribution in [0.2, 0.25) is 0 Å². The maximum Gasteiger partial charge on any atom is 0.260 e. The third-order valence-corrected chi connectivity index (χ3v) is 7.55. The molecule has 2 aromatic carbocycles. The molecule has 170 valence electrons. The number of carbonyl (C=O) groups excluding carboxylic acids is 2. The topological polar surface area (TPSA) is 77.1 Å². The molecule has 32 heavy (non-hydrogen) atoms. The van der Waals surface area contributed by atoms with Crippen molar-refractivity contribution in [2.45, 2.75) is 36.4 Å². The summed E-state index contributed by atoms with van der Waals surface area (Å²) in [4.78, 5) is 28.4. The van der Waals surface area contributed by atoms with E-state index in [1.807, 2.05) is 50.2 Å². The minimum absolute atomic E-state index is 0.148. The van der Waals surface area contributed by atoms with Crippen molar-refractivity contribution in [3.63, 3.8) is 0 Å². The second-order valence-electron chi connectivity index (χ2n) is 8.34. The molecule has 2 aliphatic heterocycles. The Bertz CT molecular complexity index is 1040. The molecule has 0 aromatic heterocycles. The van der Waals surface area contributed by atoms with Gasteiger partial charge in [-0.05, 0) is 44.0 Å². The van der Waals surface area contributed by atoms with Crippen LogP contribution in [0.4, 0.5) is 0 Å². The zero-order valence-electron chi connectivity index (χ0n) is 18.9. The highest BCUT2D eigenvalue weighted by molar-refractivity contribution is 8.01. The molecule has 0 aliphatic carbocycles. The van der Waals surface area contributed by atoms with Gasteiger partial charge in [-0.2, -0.15) is 0 Å². The number of amides is 2. The summed E-state index contributed by atoms with van der Waals surface area (Å²) in [6, 6.07) is 10.9. The highest BCUT2D eigenvalue weighted by atomic mass is 32.2. The van der Waals surface area contributed by atoms with Crippen molar-refractivity contribution in [3.05, 3.63) is 53.1 Å². The van der Waals surface area contributed by atoms with Crippen LogP contribution in [0.1, 0.15) is 40.7 Å². The van der Waals surface area contributed by atoms with Gasteiger partial charge in [-0.1, -0.05) is 18.2 Å². The van der Waals surface area contributed by atoms with E-state index in [4.69, 9.17) is 14.2 Å². The number of rotatable bonds is 7. The fraction of sp³-hybridized carbons (Fsp3) is 0.417. The van der Waals surface area contributed by atoms with Gasteiger partial charge in [0, 0.05) is 16.9 Å². The van der Waals surface area contributed by atoms with Gasteiger partial charge in [0.1, 0.15) is 17.2 Å². The fourth-order valence-corrected chi connectivity index (χ4v) is 6.05. The van der Waals surface area contributed by atoms with E-state index < -0.39 is 10.8 Å². The van der Waals surface area contributed by atoms with Crippen molar-refractivity contribution < 1.29 is 23.8 Å². The van der Waals surface area contributed by atoms with Crippen molar-refractivity contribution in [1.82, 2.24) is 10.2 Å². The third kappa shape index (κ3) is 3.66. The van der Waals surface area contributed by atoms with Crippen LogP contribution in [-0.4, -0.2) is 55.4 Å². The fourth-order valence-electron chi connectivity index (χ4n) is 4.47. The number of ether oxygens (including phenoxy) is 3. The van der Waals surface area contributed by atoms with E-state index in [0.717, 1.165) is 16.9 Å². The molecule has 0 radical (unpaired) electrons. The predicted octanol–water partition coefficient (Wildman–Crippen LogP) is 3.42. The number of methoxy groups -OCH3 is 3. The Kier molecular flexibility index (Phi) is 5.99. The van der Waals surface area contributed by atoms with Gasteiger partial charge in [-0.3, -0.25) is 9.59 Å². The summed E-state index contributed by atoms with van der Waals surface area (Å²) < 4.78 is 15.6. The first-order valence-corrected chi connectivity index (χ1v) is 11.4. The minimum Gasteiger partial charge on any atom is -0.497 e. The van der Waals surface area contributed by atoms with Crippen molar-refractivity contribution in [3.8, 4) is 17.2 Å². The second kappa shape index (κ2) is 8.58. The molecule has 2 atom stereocenters. The van der Waals surface area contributed by atoms with Crippen LogP contribution in [0.25, 0.3) is 0 Å². The number of carbonyl (C=O) groups is 2. The number of hydrogen-bond donors (Lipinski definition) is 1. The molecule has 7 nitrogen and oxygen atoms in total. The zero-order valence-corrected chi connectivity index (χ0v) is 19.7. The van der Waals surface area contributed by atoms with E-state index in [2.05, 4.69) is 5.32 Å². The average molecular weight is 457 g/mol. The summed E-state index contributed by atoms with van der Waals surface area (Å²) in [5.74, 6) is 1.37. The van der Waals surface area contributed by atoms with Gasteiger partial charge in [-0.25, -0.2) is 0 Å². The first-order chi connectivity index (χ1) is 15.3. The zero-order chi connectivity index (χ0) is 23.0. The molecule has 0 spiro atoms. The summed E-state index contributed by atoms with van der Waals surface area (Å²) in [6.07, 6.45) is 0.693. The van der Waals surface area contributed by atoms with Crippen LogP contribution in [0.15, 0.2) is 36.4 Å². The van der Waals surface area contributed by atoms with E-state index in [9.17, 15) is 9.59 Å². The van der Waals surface area contributed by atoms with Crippen LogP contribution in [0.3, 0.4) is 0 Å². The SMILES string of the molecule is COc1ccc(CCNC(=O)[C@@H]2N3C(=O)c4c(ccc(OC)c4OC)[C@H]3SC2(C)C)cc1. The van der Waals surface area contributed by atoms with Gasteiger partial charge in [-0.15, -0.1) is 11.8 Å². The minimum atomic E-state index is -0.594. The lowest BCUT2D eigenvalue weighted by molar-refractivity contribution is -0.126. The van der Waals surface area contributed by atoms with Crippen molar-refractivity contribution in [2.24, 2.45) is 0 Å². The molecule has 0 saturated carbocycles. The molecule has 4 rings (SSSR count). The number of nitrogens with one attached hydrogen (secondary N) is 1. The van der Waals surface area contributed by atoms with Gasteiger partial charge < -0.3 is 24.4 Å². The van der Waals surface area contributed by atoms with Crippen LogP contribution >= 0.6 is 11.8 Å². The summed E-state index contributed by atoms with van der Waals surface area (Å²) in [6.45, 7) is 4.51. The van der Waals surface area contributed by atoms with Crippen LogP contribution in [0, 0.1) is 0 Å².